The van der Waals surface area contributed by atoms with E-state index in [1.54, 1.807) is 0 Å². The molecule has 0 amide bonds. The second-order valence-electron chi connectivity index (χ2n) is 10.6. The van der Waals surface area contributed by atoms with E-state index < -0.39 is 0 Å². The predicted octanol–water partition coefficient (Wildman–Crippen LogP) is 4.66. The lowest BCUT2D eigenvalue weighted by Crippen LogP contribution is -2.56. The van der Waals surface area contributed by atoms with Gasteiger partial charge in [0.25, 0.3) is 0 Å². The second kappa shape index (κ2) is 6.02. The fourth-order valence-electron chi connectivity index (χ4n) is 5.81. The molecule has 4 nitrogen and oxygen atoms in total. The summed E-state index contributed by atoms with van der Waals surface area (Å²) in [6.07, 6.45) is 8.78. The van der Waals surface area contributed by atoms with Gasteiger partial charge >= 0.3 is 6.71 Å². The van der Waals surface area contributed by atoms with Gasteiger partial charge in [0.15, 0.2) is 11.5 Å². The largest absolute Gasteiger partial charge is 0.471 e. The molecule has 0 spiro atoms. The zero-order valence-corrected chi connectivity index (χ0v) is 18.5. The Morgan fingerprint density at radius 2 is 1.19 bits per heavy atom. The lowest BCUT2D eigenvalue weighted by Gasteiger charge is -2.31. The van der Waals surface area contributed by atoms with Crippen LogP contribution in [0.4, 0.5) is 0 Å². The summed E-state index contributed by atoms with van der Waals surface area (Å²) in [7, 11) is 0. The van der Waals surface area contributed by atoms with Crippen molar-refractivity contribution in [2.24, 2.45) is 0 Å². The predicted molar refractivity (Wildman–Crippen MR) is 121 cm³/mol. The maximum absolute atomic E-state index is 6.60. The first-order chi connectivity index (χ1) is 15.0. The fraction of sp³-hybridized carbons (Fsp3) is 0.462. The Bertz CT molecular complexity index is 1150. The third-order valence-electron chi connectivity index (χ3n) is 7.50. The fourth-order valence-corrected chi connectivity index (χ4v) is 5.81. The van der Waals surface area contributed by atoms with Gasteiger partial charge in [-0.25, -0.2) is 0 Å². The van der Waals surface area contributed by atoms with Crippen molar-refractivity contribution >= 4 is 23.5 Å². The molecular formula is C26H27BO4. The average Bonchev–Trinajstić information content (AvgIpc) is 3.31. The molecule has 0 atom stereocenters. The minimum absolute atomic E-state index is 0.0000514. The molecule has 0 saturated heterocycles. The first-order valence-corrected chi connectivity index (χ1v) is 11.8. The van der Waals surface area contributed by atoms with Crippen LogP contribution in [0.2, 0.25) is 0 Å². The minimum atomic E-state index is -0.0808. The van der Waals surface area contributed by atoms with Crippen LogP contribution < -0.4 is 26.3 Å². The number of hydrogen-bond acceptors (Lipinski definition) is 4. The molecule has 1 aromatic carbocycles. The van der Waals surface area contributed by atoms with E-state index in [9.17, 15) is 0 Å². The van der Waals surface area contributed by atoms with Crippen LogP contribution in [0.1, 0.15) is 74.7 Å². The van der Waals surface area contributed by atoms with Gasteiger partial charge in [-0.05, 0) is 61.6 Å². The quantitative estimate of drug-likeness (QED) is 0.346. The Kier molecular flexibility index (Phi) is 3.51. The van der Waals surface area contributed by atoms with Crippen LogP contribution >= 0.6 is 0 Å². The van der Waals surface area contributed by atoms with Gasteiger partial charge in [0.05, 0.1) is 0 Å². The summed E-state index contributed by atoms with van der Waals surface area (Å²) < 4.78 is 26.2. The minimum Gasteiger partial charge on any atom is -0.471 e. The Morgan fingerprint density at radius 1 is 0.710 bits per heavy atom. The summed E-state index contributed by atoms with van der Waals surface area (Å²) in [5.74, 6) is 5.87. The third-order valence-corrected chi connectivity index (χ3v) is 7.50. The van der Waals surface area contributed by atoms with Crippen molar-refractivity contribution in [3.05, 3.63) is 40.3 Å². The summed E-state index contributed by atoms with van der Waals surface area (Å²) in [6, 6.07) is 4.41. The third kappa shape index (κ3) is 2.43. The molecule has 2 aliphatic carbocycles. The Hall–Kier alpha value is -2.56. The molecule has 7 rings (SSSR count). The molecule has 2 aromatic heterocycles. The van der Waals surface area contributed by atoms with Gasteiger partial charge in [-0.2, -0.15) is 0 Å². The van der Waals surface area contributed by atoms with Crippen molar-refractivity contribution in [3.8, 4) is 23.0 Å². The van der Waals surface area contributed by atoms with Crippen LogP contribution in [-0.4, -0.2) is 6.71 Å². The van der Waals surface area contributed by atoms with Gasteiger partial charge in [0, 0.05) is 29.4 Å². The van der Waals surface area contributed by atoms with Crippen LogP contribution in [0.25, 0.3) is 0 Å². The Labute approximate surface area is 183 Å². The molecule has 4 aliphatic rings. The molecule has 158 valence electrons. The SMILES string of the molecule is CC(C)(C)c1cc2c3c(c1)Oc1c(oc4c1CCCC4)B3c1oc3c(c1O2)CCCC3. The molecule has 0 N–H and O–H groups in total. The van der Waals surface area contributed by atoms with Crippen molar-refractivity contribution in [1.82, 2.24) is 0 Å². The molecular weight excluding hydrogens is 387 g/mol. The second-order valence-corrected chi connectivity index (χ2v) is 10.6. The summed E-state index contributed by atoms with van der Waals surface area (Å²) in [6.45, 7) is 6.63. The summed E-state index contributed by atoms with van der Waals surface area (Å²) >= 11 is 0. The molecule has 4 heterocycles. The van der Waals surface area contributed by atoms with Crippen molar-refractivity contribution < 1.29 is 18.3 Å². The Morgan fingerprint density at radius 3 is 1.68 bits per heavy atom. The Balaban J connectivity index is 1.51. The molecule has 0 unspecified atom stereocenters. The maximum Gasteiger partial charge on any atom is 0.350 e. The lowest BCUT2D eigenvalue weighted by molar-refractivity contribution is 0.443. The molecule has 3 aromatic rings. The summed E-state index contributed by atoms with van der Waals surface area (Å²) in [5, 5.41) is 0. The van der Waals surface area contributed by atoms with E-state index in [0.29, 0.717) is 0 Å². The molecule has 0 bridgehead atoms. The van der Waals surface area contributed by atoms with E-state index in [2.05, 4.69) is 32.9 Å². The highest BCUT2D eigenvalue weighted by molar-refractivity contribution is 6.96. The summed E-state index contributed by atoms with van der Waals surface area (Å²) in [5.41, 5.74) is 6.64. The van der Waals surface area contributed by atoms with Crippen molar-refractivity contribution in [1.29, 1.82) is 0 Å². The smallest absolute Gasteiger partial charge is 0.350 e. The zero-order chi connectivity index (χ0) is 20.9. The number of rotatable bonds is 0. The van der Waals surface area contributed by atoms with E-state index in [1.807, 2.05) is 0 Å². The van der Waals surface area contributed by atoms with Gasteiger partial charge in [-0.15, -0.1) is 0 Å². The summed E-state index contributed by atoms with van der Waals surface area (Å²) in [4.78, 5) is 0. The first-order valence-electron chi connectivity index (χ1n) is 11.8. The van der Waals surface area contributed by atoms with Crippen LogP contribution in [0, 0.1) is 0 Å². The normalized spacial score (nSPS) is 18.2. The highest BCUT2D eigenvalue weighted by Crippen LogP contribution is 2.44. The lowest BCUT2D eigenvalue weighted by atomic mass is 9.39. The number of aryl methyl sites for hydroxylation is 2. The average molecular weight is 414 g/mol. The van der Waals surface area contributed by atoms with Gasteiger partial charge < -0.3 is 18.3 Å². The van der Waals surface area contributed by atoms with Crippen molar-refractivity contribution in [2.45, 2.75) is 77.6 Å². The highest BCUT2D eigenvalue weighted by Gasteiger charge is 2.49. The van der Waals surface area contributed by atoms with Gasteiger partial charge in [0.2, 0.25) is 0 Å². The topological polar surface area (TPSA) is 44.7 Å². The van der Waals surface area contributed by atoms with E-state index in [-0.39, 0.29) is 12.1 Å². The molecule has 0 radical (unpaired) electrons. The monoisotopic (exact) mass is 414 g/mol. The van der Waals surface area contributed by atoms with E-state index in [4.69, 9.17) is 18.3 Å². The highest BCUT2D eigenvalue weighted by atomic mass is 16.5. The van der Waals surface area contributed by atoms with Gasteiger partial charge in [-0.3, -0.25) is 0 Å². The van der Waals surface area contributed by atoms with Gasteiger partial charge in [0.1, 0.15) is 34.3 Å². The number of benzene rings is 1. The van der Waals surface area contributed by atoms with Crippen LogP contribution in [-0.2, 0) is 31.1 Å². The van der Waals surface area contributed by atoms with E-state index in [1.165, 1.54) is 42.4 Å². The maximum atomic E-state index is 6.60. The molecule has 0 saturated carbocycles. The first kappa shape index (κ1) is 18.1. The standard InChI is InChI=1S/C26H27BO4/c1-26(2,3)14-12-19-21-20(13-14)29-23-16-9-5-7-11-18(16)31-25(23)27(21)24-22(28-19)15-8-4-6-10-17(15)30-24/h12-13H,4-11H2,1-3H3. The molecule has 0 fully saturated rings. The molecule has 2 aliphatic heterocycles. The van der Waals surface area contributed by atoms with Gasteiger partial charge in [-0.1, -0.05) is 20.8 Å². The molecule has 31 heavy (non-hydrogen) atoms. The van der Waals surface area contributed by atoms with E-state index in [0.717, 1.165) is 77.0 Å². The zero-order valence-electron chi connectivity index (χ0n) is 18.5. The van der Waals surface area contributed by atoms with Crippen molar-refractivity contribution in [2.75, 3.05) is 0 Å². The number of ether oxygens (including phenoxy) is 2. The number of furan rings is 2. The van der Waals surface area contributed by atoms with Crippen molar-refractivity contribution in [3.63, 3.8) is 0 Å². The molecule has 5 heteroatoms. The number of fused-ring (bicyclic) bond motifs is 8. The number of hydrogen-bond donors (Lipinski definition) is 0. The van der Waals surface area contributed by atoms with Crippen LogP contribution in [0.15, 0.2) is 21.0 Å². The van der Waals surface area contributed by atoms with E-state index >= 15 is 0 Å². The van der Waals surface area contributed by atoms with Crippen LogP contribution in [0.5, 0.6) is 23.0 Å². The van der Waals surface area contributed by atoms with Crippen LogP contribution in [0.3, 0.4) is 0 Å².